The van der Waals surface area contributed by atoms with Crippen LogP contribution >= 0.6 is 0 Å². The number of aromatic nitrogens is 4. The molecule has 0 bridgehead atoms. The first-order chi connectivity index (χ1) is 13.4. The quantitative estimate of drug-likeness (QED) is 0.676. The number of pyridine rings is 1. The number of hydrogen-bond acceptors (Lipinski definition) is 7. The molecule has 0 aromatic carbocycles. The highest BCUT2D eigenvalue weighted by Crippen LogP contribution is 2.36. The number of sulfone groups is 1. The van der Waals surface area contributed by atoms with Crippen LogP contribution in [0.25, 0.3) is 11.0 Å². The normalized spacial score (nSPS) is 19.4. The van der Waals surface area contributed by atoms with E-state index in [1.165, 1.54) is 13.3 Å². The minimum Gasteiger partial charge on any atom is -0.495 e. The molecule has 0 amide bonds. The standard InChI is InChI=1S/C19H23N5O3S/c1-12-17(27-3)8-15(9-21-12)28(25,26)10-13-6-14(7-13)24(2)19-16-4-5-20-18(16)22-11-23-19/h4-5,8-9,11,13-14H,6-7,10H2,1-3H3,(H,20,22,23)/t13-,14+. The summed E-state index contributed by atoms with van der Waals surface area (Å²) in [5.41, 5.74) is 1.48. The van der Waals surface area contributed by atoms with Crippen molar-refractivity contribution >= 4 is 26.7 Å². The molecule has 3 heterocycles. The highest BCUT2D eigenvalue weighted by Gasteiger charge is 2.36. The lowest BCUT2D eigenvalue weighted by Gasteiger charge is -2.41. The first-order valence-corrected chi connectivity index (χ1v) is 10.8. The summed E-state index contributed by atoms with van der Waals surface area (Å²) in [6.07, 6.45) is 6.42. The van der Waals surface area contributed by atoms with Crippen LogP contribution in [0.3, 0.4) is 0 Å². The van der Waals surface area contributed by atoms with E-state index in [0.29, 0.717) is 11.4 Å². The Bertz CT molecular complexity index is 1110. The molecule has 3 aromatic rings. The molecule has 0 aliphatic heterocycles. The molecule has 148 valence electrons. The number of hydrogen-bond donors (Lipinski definition) is 1. The van der Waals surface area contributed by atoms with Crippen molar-refractivity contribution in [1.82, 2.24) is 19.9 Å². The van der Waals surface area contributed by atoms with E-state index in [1.807, 2.05) is 19.3 Å². The zero-order chi connectivity index (χ0) is 19.9. The molecule has 4 rings (SSSR count). The lowest BCUT2D eigenvalue weighted by Crippen LogP contribution is -2.45. The molecule has 1 N–H and O–H groups in total. The van der Waals surface area contributed by atoms with Crippen LogP contribution < -0.4 is 9.64 Å². The van der Waals surface area contributed by atoms with Gasteiger partial charge in [0.05, 0.1) is 28.8 Å². The van der Waals surface area contributed by atoms with Gasteiger partial charge < -0.3 is 14.6 Å². The number of methoxy groups -OCH3 is 1. The highest BCUT2D eigenvalue weighted by atomic mass is 32.2. The Hall–Kier alpha value is -2.68. The largest absolute Gasteiger partial charge is 0.495 e. The summed E-state index contributed by atoms with van der Waals surface area (Å²) in [7, 11) is 0.113. The van der Waals surface area contributed by atoms with Crippen LogP contribution in [0.15, 0.2) is 35.7 Å². The van der Waals surface area contributed by atoms with Crippen LogP contribution in [-0.4, -0.2) is 54.3 Å². The van der Waals surface area contributed by atoms with E-state index < -0.39 is 9.84 Å². The molecule has 0 saturated heterocycles. The minimum atomic E-state index is -3.40. The number of ether oxygens (including phenoxy) is 1. The predicted molar refractivity (Wildman–Crippen MR) is 106 cm³/mol. The Morgan fingerprint density at radius 3 is 2.82 bits per heavy atom. The van der Waals surface area contributed by atoms with Gasteiger partial charge in [0, 0.05) is 31.5 Å². The van der Waals surface area contributed by atoms with E-state index in [2.05, 4.69) is 24.8 Å². The van der Waals surface area contributed by atoms with Crippen LogP contribution in [-0.2, 0) is 9.84 Å². The average Bonchev–Trinajstić information content (AvgIpc) is 3.13. The lowest BCUT2D eigenvalue weighted by atomic mass is 9.81. The van der Waals surface area contributed by atoms with Gasteiger partial charge in [-0.25, -0.2) is 18.4 Å². The number of rotatable bonds is 6. The second-order valence-corrected chi connectivity index (χ2v) is 9.31. The summed E-state index contributed by atoms with van der Waals surface area (Å²) in [5.74, 6) is 1.60. The molecule has 9 heteroatoms. The maximum atomic E-state index is 12.8. The van der Waals surface area contributed by atoms with Gasteiger partial charge in [0.2, 0.25) is 0 Å². The fourth-order valence-corrected chi connectivity index (χ4v) is 5.33. The predicted octanol–water partition coefficient (Wildman–Crippen LogP) is 2.36. The van der Waals surface area contributed by atoms with Gasteiger partial charge >= 0.3 is 0 Å². The fraction of sp³-hybridized carbons (Fsp3) is 0.421. The van der Waals surface area contributed by atoms with E-state index >= 15 is 0 Å². The summed E-state index contributed by atoms with van der Waals surface area (Å²) < 4.78 is 30.7. The zero-order valence-electron chi connectivity index (χ0n) is 16.1. The van der Waals surface area contributed by atoms with E-state index in [1.54, 1.807) is 19.3 Å². The first-order valence-electron chi connectivity index (χ1n) is 9.13. The van der Waals surface area contributed by atoms with Gasteiger partial charge in [-0.05, 0) is 31.7 Å². The highest BCUT2D eigenvalue weighted by molar-refractivity contribution is 7.91. The molecule has 1 aliphatic carbocycles. The van der Waals surface area contributed by atoms with Crippen molar-refractivity contribution in [3.8, 4) is 5.75 Å². The van der Waals surface area contributed by atoms with Gasteiger partial charge in [-0.1, -0.05) is 0 Å². The second-order valence-electron chi connectivity index (χ2n) is 7.28. The molecule has 0 radical (unpaired) electrons. The summed E-state index contributed by atoms with van der Waals surface area (Å²) >= 11 is 0. The molecule has 0 spiro atoms. The Kier molecular flexibility index (Phi) is 4.70. The van der Waals surface area contributed by atoms with E-state index in [9.17, 15) is 8.42 Å². The number of aromatic amines is 1. The fourth-order valence-electron chi connectivity index (χ4n) is 3.74. The van der Waals surface area contributed by atoms with Crippen LogP contribution in [0.1, 0.15) is 18.5 Å². The molecule has 3 aromatic heterocycles. The summed E-state index contributed by atoms with van der Waals surface area (Å²) in [6.45, 7) is 1.79. The molecule has 1 aliphatic rings. The second kappa shape index (κ2) is 7.05. The lowest BCUT2D eigenvalue weighted by molar-refractivity contribution is 0.282. The van der Waals surface area contributed by atoms with E-state index in [4.69, 9.17) is 4.74 Å². The maximum Gasteiger partial charge on any atom is 0.180 e. The van der Waals surface area contributed by atoms with Crippen LogP contribution in [0, 0.1) is 12.8 Å². The van der Waals surface area contributed by atoms with E-state index in [0.717, 1.165) is 29.7 Å². The number of fused-ring (bicyclic) bond motifs is 1. The molecule has 1 fully saturated rings. The summed E-state index contributed by atoms with van der Waals surface area (Å²) in [5, 5.41) is 0.971. The SMILES string of the molecule is COc1cc(S(=O)(=O)C[C@H]2C[C@@H](N(C)c3ncnc4[nH]ccc34)C2)cnc1C. The van der Waals surface area contributed by atoms with Crippen molar-refractivity contribution in [2.45, 2.75) is 30.7 Å². The Labute approximate surface area is 163 Å². The van der Waals surface area contributed by atoms with Crippen molar-refractivity contribution in [1.29, 1.82) is 0 Å². The molecule has 0 unspecified atom stereocenters. The first kappa shape index (κ1) is 18.7. The topological polar surface area (TPSA) is 101 Å². The molecule has 0 atom stereocenters. The van der Waals surface area contributed by atoms with Crippen molar-refractivity contribution in [2.24, 2.45) is 5.92 Å². The zero-order valence-corrected chi connectivity index (χ0v) is 16.9. The van der Waals surface area contributed by atoms with Crippen molar-refractivity contribution in [3.63, 3.8) is 0 Å². The van der Waals surface area contributed by atoms with Crippen LogP contribution in [0.5, 0.6) is 5.75 Å². The monoisotopic (exact) mass is 401 g/mol. The molecule has 1 saturated carbocycles. The van der Waals surface area contributed by atoms with Crippen molar-refractivity contribution in [2.75, 3.05) is 24.8 Å². The smallest absolute Gasteiger partial charge is 0.180 e. The number of anilines is 1. The van der Waals surface area contributed by atoms with Gasteiger partial charge in [0.15, 0.2) is 9.84 Å². The summed E-state index contributed by atoms with van der Waals surface area (Å²) in [4.78, 5) is 18.2. The third kappa shape index (κ3) is 3.30. The van der Waals surface area contributed by atoms with E-state index in [-0.39, 0.29) is 22.6 Å². The van der Waals surface area contributed by atoms with Crippen molar-refractivity contribution in [3.05, 3.63) is 36.5 Å². The van der Waals surface area contributed by atoms with Gasteiger partial charge in [-0.2, -0.15) is 0 Å². The number of aryl methyl sites for hydroxylation is 1. The average molecular weight is 401 g/mol. The Morgan fingerprint density at radius 2 is 2.07 bits per heavy atom. The molecular formula is C19H23N5O3S. The molecule has 8 nitrogen and oxygen atoms in total. The minimum absolute atomic E-state index is 0.119. The third-order valence-corrected chi connectivity index (χ3v) is 7.33. The van der Waals surface area contributed by atoms with Crippen LogP contribution in [0.2, 0.25) is 0 Å². The Morgan fingerprint density at radius 1 is 1.29 bits per heavy atom. The Balaban J connectivity index is 1.43. The number of nitrogens with one attached hydrogen (secondary N) is 1. The van der Waals surface area contributed by atoms with Crippen molar-refractivity contribution < 1.29 is 13.2 Å². The number of nitrogens with zero attached hydrogens (tertiary/aromatic N) is 4. The van der Waals surface area contributed by atoms with Gasteiger partial charge in [-0.3, -0.25) is 4.98 Å². The van der Waals surface area contributed by atoms with Gasteiger partial charge in [0.1, 0.15) is 23.5 Å². The third-order valence-electron chi connectivity index (χ3n) is 5.48. The number of H-pyrrole nitrogens is 1. The van der Waals surface area contributed by atoms with Crippen LogP contribution in [0.4, 0.5) is 5.82 Å². The maximum absolute atomic E-state index is 12.8. The van der Waals surface area contributed by atoms with Gasteiger partial charge in [0.25, 0.3) is 0 Å². The molecular weight excluding hydrogens is 378 g/mol. The summed E-state index contributed by atoms with van der Waals surface area (Å²) in [6, 6.07) is 3.78. The molecule has 28 heavy (non-hydrogen) atoms. The van der Waals surface area contributed by atoms with Gasteiger partial charge in [-0.15, -0.1) is 0 Å².